The van der Waals surface area contributed by atoms with E-state index in [0.29, 0.717) is 19.5 Å². The number of pyridine rings is 1. The van der Waals surface area contributed by atoms with Crippen LogP contribution < -0.4 is 4.90 Å². The van der Waals surface area contributed by atoms with E-state index in [1.807, 2.05) is 12.1 Å². The normalized spacial score (nSPS) is 16.9. The van der Waals surface area contributed by atoms with Crippen molar-refractivity contribution in [1.82, 2.24) is 13.7 Å². The van der Waals surface area contributed by atoms with Gasteiger partial charge in [-0.05, 0) is 84.7 Å². The number of benzene rings is 1. The van der Waals surface area contributed by atoms with Gasteiger partial charge in [0.1, 0.15) is 17.3 Å². The largest absolute Gasteiger partial charge is 0.466 e. The fourth-order valence-corrected chi connectivity index (χ4v) is 8.25. The van der Waals surface area contributed by atoms with Gasteiger partial charge in [0, 0.05) is 33.3 Å². The molecule has 11 heteroatoms. The molecule has 0 N–H and O–H groups in total. The summed E-state index contributed by atoms with van der Waals surface area (Å²) in [6.07, 6.45) is 8.76. The number of hydrogen-bond acceptors (Lipinski definition) is 7. The van der Waals surface area contributed by atoms with Crippen LogP contribution in [0.25, 0.3) is 11.2 Å². The minimum absolute atomic E-state index is 0.0180. The summed E-state index contributed by atoms with van der Waals surface area (Å²) in [7, 11) is -1.31. The summed E-state index contributed by atoms with van der Waals surface area (Å²) in [4.78, 5) is 18.1. The summed E-state index contributed by atoms with van der Waals surface area (Å²) in [5.41, 5.74) is 5.31. The van der Waals surface area contributed by atoms with E-state index in [2.05, 4.69) is 53.1 Å². The lowest BCUT2D eigenvalue weighted by Gasteiger charge is -2.31. The molecule has 2 aliphatic heterocycles. The van der Waals surface area contributed by atoms with Crippen LogP contribution >= 0.6 is 11.8 Å². The van der Waals surface area contributed by atoms with Gasteiger partial charge in [-0.2, -0.15) is 0 Å². The van der Waals surface area contributed by atoms with E-state index < -0.39 is 16.0 Å². The standard InChI is InChI=1S/C32H39FN4O4S2/c1-4-29-32(35(3)31-8-5-7-27(22-42-31)24-9-12-28(33)13-10-24)37-21-26(11-14-30(37)34-29)25-15-17-36(18-16-25)43(39,40)20-6-19-41-23(2)38/h8-14,21-22,25H,4-7,15-20H2,1-3H3. The Kier molecular flexibility index (Phi) is 9.93. The number of nitrogens with zero attached hydrogens (tertiary/aromatic N) is 4. The molecule has 0 spiro atoms. The second kappa shape index (κ2) is 13.7. The Bertz CT molecular complexity index is 1620. The smallest absolute Gasteiger partial charge is 0.302 e. The number of rotatable bonds is 10. The van der Waals surface area contributed by atoms with Crippen LogP contribution in [-0.4, -0.2) is 60.6 Å². The number of ether oxygens (including phenoxy) is 1. The van der Waals surface area contributed by atoms with Crippen molar-refractivity contribution in [3.05, 3.63) is 81.7 Å². The minimum Gasteiger partial charge on any atom is -0.466 e. The summed E-state index contributed by atoms with van der Waals surface area (Å²) >= 11 is 1.67. The first-order chi connectivity index (χ1) is 20.7. The molecule has 0 aliphatic carbocycles. The number of imidazole rings is 1. The monoisotopic (exact) mass is 626 g/mol. The third kappa shape index (κ3) is 7.33. The fourth-order valence-electron chi connectivity index (χ4n) is 5.77. The zero-order chi connectivity index (χ0) is 30.6. The number of carbonyl (C=O) groups is 1. The number of anilines is 1. The minimum atomic E-state index is -3.39. The zero-order valence-electron chi connectivity index (χ0n) is 25.0. The molecule has 0 atom stereocenters. The number of halogens is 1. The maximum Gasteiger partial charge on any atom is 0.302 e. The van der Waals surface area contributed by atoms with Gasteiger partial charge >= 0.3 is 5.97 Å². The Morgan fingerprint density at radius 2 is 1.91 bits per heavy atom. The number of aromatic nitrogens is 2. The third-order valence-electron chi connectivity index (χ3n) is 8.11. The zero-order valence-corrected chi connectivity index (χ0v) is 26.6. The Morgan fingerprint density at radius 3 is 2.60 bits per heavy atom. The van der Waals surface area contributed by atoms with E-state index in [1.165, 1.54) is 30.2 Å². The molecule has 0 radical (unpaired) electrons. The van der Waals surface area contributed by atoms with Gasteiger partial charge in [-0.3, -0.25) is 9.20 Å². The molecule has 4 heterocycles. The maximum atomic E-state index is 13.5. The molecule has 1 saturated heterocycles. The predicted molar refractivity (Wildman–Crippen MR) is 171 cm³/mol. The van der Waals surface area contributed by atoms with Crippen molar-refractivity contribution in [1.29, 1.82) is 0 Å². The van der Waals surface area contributed by atoms with E-state index in [-0.39, 0.29) is 24.1 Å². The van der Waals surface area contributed by atoms with Crippen molar-refractivity contribution in [3.63, 3.8) is 0 Å². The van der Waals surface area contributed by atoms with Crippen LogP contribution in [0.3, 0.4) is 0 Å². The third-order valence-corrected chi connectivity index (χ3v) is 11.1. The highest BCUT2D eigenvalue weighted by Gasteiger charge is 2.29. The summed E-state index contributed by atoms with van der Waals surface area (Å²) < 4.78 is 47.8. The molecular formula is C32H39FN4O4S2. The summed E-state index contributed by atoms with van der Waals surface area (Å²) in [5, 5.41) is 3.28. The number of carbonyl (C=O) groups excluding carboxylic acids is 1. The van der Waals surface area contributed by atoms with E-state index in [1.54, 1.807) is 16.1 Å². The highest BCUT2D eigenvalue weighted by molar-refractivity contribution is 8.06. The summed E-state index contributed by atoms with van der Waals surface area (Å²) in [6, 6.07) is 10.9. The van der Waals surface area contributed by atoms with Gasteiger partial charge in [-0.15, -0.1) is 0 Å². The van der Waals surface area contributed by atoms with Crippen LogP contribution in [0.2, 0.25) is 0 Å². The van der Waals surface area contributed by atoms with E-state index >= 15 is 0 Å². The molecule has 0 bridgehead atoms. The first kappa shape index (κ1) is 31.3. The Hall–Kier alpha value is -3.15. The van der Waals surface area contributed by atoms with Gasteiger partial charge in [-0.25, -0.2) is 22.1 Å². The highest BCUT2D eigenvalue weighted by atomic mass is 32.2. The SMILES string of the molecule is CCc1nc2ccc(C3CCN(S(=O)(=O)CCCOC(C)=O)CC3)cn2c1N(C)C1=CCCC(c2ccc(F)cc2)=CS1. The van der Waals surface area contributed by atoms with Gasteiger partial charge in [0.05, 0.1) is 23.1 Å². The second-order valence-corrected chi connectivity index (χ2v) is 14.0. The van der Waals surface area contributed by atoms with Gasteiger partial charge in [0.25, 0.3) is 0 Å². The van der Waals surface area contributed by atoms with Crippen LogP contribution in [0.4, 0.5) is 10.2 Å². The molecule has 5 rings (SSSR count). The first-order valence-corrected chi connectivity index (χ1v) is 17.3. The molecular weight excluding hydrogens is 588 g/mol. The quantitative estimate of drug-likeness (QED) is 0.192. The number of piperidine rings is 1. The molecule has 8 nitrogen and oxygen atoms in total. The molecule has 0 amide bonds. The number of thioether (sulfide) groups is 1. The first-order valence-electron chi connectivity index (χ1n) is 14.8. The lowest BCUT2D eigenvalue weighted by atomic mass is 9.91. The van der Waals surface area contributed by atoms with Crippen molar-refractivity contribution in [3.8, 4) is 0 Å². The Labute approximate surface area is 257 Å². The maximum absolute atomic E-state index is 13.5. The van der Waals surface area contributed by atoms with Crippen molar-refractivity contribution >= 4 is 44.8 Å². The molecule has 230 valence electrons. The molecule has 1 fully saturated rings. The topological polar surface area (TPSA) is 84.2 Å². The van der Waals surface area contributed by atoms with E-state index in [4.69, 9.17) is 9.72 Å². The van der Waals surface area contributed by atoms with Crippen molar-refractivity contribution < 1.29 is 22.3 Å². The Morgan fingerprint density at radius 1 is 1.16 bits per heavy atom. The van der Waals surface area contributed by atoms with Crippen LogP contribution in [0.15, 0.2) is 59.1 Å². The van der Waals surface area contributed by atoms with Gasteiger partial charge in [0.15, 0.2) is 0 Å². The number of esters is 1. The van der Waals surface area contributed by atoms with E-state index in [0.717, 1.165) is 59.9 Å². The lowest BCUT2D eigenvalue weighted by molar-refractivity contribution is -0.140. The van der Waals surface area contributed by atoms with Crippen LogP contribution in [-0.2, 0) is 26.0 Å². The molecule has 2 aliphatic rings. The molecule has 2 aromatic heterocycles. The van der Waals surface area contributed by atoms with Gasteiger partial charge in [0.2, 0.25) is 10.0 Å². The number of allylic oxidation sites excluding steroid dienone is 2. The lowest BCUT2D eigenvalue weighted by Crippen LogP contribution is -2.39. The number of hydrogen-bond donors (Lipinski definition) is 0. The average Bonchev–Trinajstić information content (AvgIpc) is 3.19. The van der Waals surface area contributed by atoms with Crippen molar-refractivity contribution in [2.75, 3.05) is 37.4 Å². The van der Waals surface area contributed by atoms with E-state index in [9.17, 15) is 17.6 Å². The highest BCUT2D eigenvalue weighted by Crippen LogP contribution is 2.37. The van der Waals surface area contributed by atoms with Crippen molar-refractivity contribution in [2.24, 2.45) is 0 Å². The summed E-state index contributed by atoms with van der Waals surface area (Å²) in [6.45, 7) is 4.50. The van der Waals surface area contributed by atoms with Crippen LogP contribution in [0, 0.1) is 5.82 Å². The van der Waals surface area contributed by atoms with Crippen LogP contribution in [0.5, 0.6) is 0 Å². The molecule has 0 unspecified atom stereocenters. The fraction of sp³-hybridized carbons (Fsp3) is 0.438. The summed E-state index contributed by atoms with van der Waals surface area (Å²) in [5.74, 6) is 0.633. The molecule has 0 saturated carbocycles. The number of fused-ring (bicyclic) bond motifs is 1. The van der Waals surface area contributed by atoms with Gasteiger partial charge < -0.3 is 9.64 Å². The van der Waals surface area contributed by atoms with Gasteiger partial charge in [-0.1, -0.05) is 43.0 Å². The average molecular weight is 627 g/mol. The number of sulfonamides is 1. The molecule has 1 aromatic carbocycles. The van der Waals surface area contributed by atoms with Crippen LogP contribution in [0.1, 0.15) is 68.7 Å². The van der Waals surface area contributed by atoms with Crippen molar-refractivity contribution in [2.45, 2.75) is 58.3 Å². The predicted octanol–water partition coefficient (Wildman–Crippen LogP) is 6.34. The molecule has 3 aromatic rings. The Balaban J connectivity index is 1.31. The number of aryl methyl sites for hydroxylation is 1. The second-order valence-electron chi connectivity index (χ2n) is 11.0. The molecule has 43 heavy (non-hydrogen) atoms.